The number of ether oxygens (including phenoxy) is 1. The lowest BCUT2D eigenvalue weighted by atomic mass is 10.0. The number of carbonyl (C=O) groups is 1. The fourth-order valence-electron chi connectivity index (χ4n) is 3.64. The lowest BCUT2D eigenvalue weighted by Gasteiger charge is -2.21. The molecule has 0 atom stereocenters. The molecule has 0 saturated heterocycles. The Hall–Kier alpha value is -3.18. The Balaban J connectivity index is 1.98. The first-order chi connectivity index (χ1) is 15.3. The van der Waals surface area contributed by atoms with Crippen LogP contribution in [-0.4, -0.2) is 21.1 Å². The number of carbonyl (C=O) groups excluding carboxylic acids is 1. The lowest BCUT2D eigenvalue weighted by Crippen LogP contribution is -2.27. The second kappa shape index (κ2) is 9.13. The summed E-state index contributed by atoms with van der Waals surface area (Å²) in [5, 5.41) is 0. The van der Waals surface area contributed by atoms with Gasteiger partial charge in [0.15, 0.2) is 0 Å². The van der Waals surface area contributed by atoms with Gasteiger partial charge in [-0.1, -0.05) is 94.8 Å². The normalized spacial score (nSPS) is 11.4. The Labute approximate surface area is 197 Å². The number of esters is 1. The highest BCUT2D eigenvalue weighted by molar-refractivity contribution is 9.10. The van der Waals surface area contributed by atoms with Crippen LogP contribution in [0.15, 0.2) is 89.4 Å². The van der Waals surface area contributed by atoms with Crippen molar-refractivity contribution in [2.24, 2.45) is 0 Å². The Morgan fingerprint density at radius 3 is 2.03 bits per heavy atom. The molecule has 0 aliphatic carbocycles. The molecule has 0 radical (unpaired) electrons. The van der Waals surface area contributed by atoms with Gasteiger partial charge in [-0.2, -0.15) is 0 Å². The average Bonchev–Trinajstić information content (AvgIpc) is 3.12. The highest BCUT2D eigenvalue weighted by Crippen LogP contribution is 2.38. The van der Waals surface area contributed by atoms with E-state index in [9.17, 15) is 4.79 Å². The van der Waals surface area contributed by atoms with Gasteiger partial charge in [0.05, 0.1) is 11.4 Å². The summed E-state index contributed by atoms with van der Waals surface area (Å²) in [6, 6.07) is 28.0. The molecule has 0 fully saturated rings. The maximum absolute atomic E-state index is 12.9. The van der Waals surface area contributed by atoms with Gasteiger partial charge in [0.2, 0.25) is 0 Å². The molecular weight excluding hydrogens is 464 g/mol. The second-order valence-corrected chi connectivity index (χ2v) is 9.37. The topological polar surface area (TPSA) is 44.1 Å². The van der Waals surface area contributed by atoms with Crippen molar-refractivity contribution >= 4 is 21.9 Å². The van der Waals surface area contributed by atoms with E-state index in [0.717, 1.165) is 32.6 Å². The minimum atomic E-state index is -0.569. The highest BCUT2D eigenvalue weighted by Gasteiger charge is 2.25. The first kappa shape index (κ1) is 22.0. The number of aromatic nitrogens is 2. The van der Waals surface area contributed by atoms with Crippen molar-refractivity contribution in [3.05, 3.63) is 89.4 Å². The first-order valence-corrected chi connectivity index (χ1v) is 11.3. The smallest absolute Gasteiger partial charge is 0.326 e. The maximum Gasteiger partial charge on any atom is 0.326 e. The predicted molar refractivity (Wildman–Crippen MR) is 132 cm³/mol. The standard InChI is InChI=1S/C27H25BrN2O2/c1-27(2,3)32-23(31)18-30-25(20-14-8-5-9-15-20)24(19-12-6-4-7-13-19)29-26(30)21-16-10-11-17-22(21)28/h4-17H,18H2,1-3H3. The molecule has 3 aromatic carbocycles. The summed E-state index contributed by atoms with van der Waals surface area (Å²) < 4.78 is 8.55. The van der Waals surface area contributed by atoms with Crippen molar-refractivity contribution in [3.63, 3.8) is 0 Å². The SMILES string of the molecule is CC(C)(C)OC(=O)Cn1c(-c2ccccc2Br)nc(-c2ccccc2)c1-c1ccccc1. The zero-order valence-electron chi connectivity index (χ0n) is 18.4. The lowest BCUT2D eigenvalue weighted by molar-refractivity contribution is -0.155. The summed E-state index contributed by atoms with van der Waals surface area (Å²) in [6.45, 7) is 5.68. The van der Waals surface area contributed by atoms with Gasteiger partial charge in [-0.15, -0.1) is 0 Å². The van der Waals surface area contributed by atoms with Crippen LogP contribution in [0.3, 0.4) is 0 Å². The molecule has 0 N–H and O–H groups in total. The zero-order chi connectivity index (χ0) is 22.7. The third-order valence-electron chi connectivity index (χ3n) is 4.88. The molecule has 0 bridgehead atoms. The number of rotatable bonds is 5. The molecule has 5 heteroatoms. The van der Waals surface area contributed by atoms with Crippen LogP contribution in [0.2, 0.25) is 0 Å². The molecule has 32 heavy (non-hydrogen) atoms. The van der Waals surface area contributed by atoms with Crippen LogP contribution >= 0.6 is 15.9 Å². The van der Waals surface area contributed by atoms with Crippen molar-refractivity contribution < 1.29 is 9.53 Å². The molecule has 0 unspecified atom stereocenters. The third kappa shape index (κ3) is 4.83. The van der Waals surface area contributed by atoms with Gasteiger partial charge in [0.1, 0.15) is 18.0 Å². The van der Waals surface area contributed by atoms with E-state index in [-0.39, 0.29) is 12.5 Å². The second-order valence-electron chi connectivity index (χ2n) is 8.52. The van der Waals surface area contributed by atoms with Gasteiger partial charge in [-0.25, -0.2) is 4.98 Å². The quantitative estimate of drug-likeness (QED) is 0.284. The fraction of sp³-hybridized carbons (Fsp3) is 0.185. The van der Waals surface area contributed by atoms with Gasteiger partial charge >= 0.3 is 5.97 Å². The Morgan fingerprint density at radius 1 is 0.875 bits per heavy atom. The van der Waals surface area contributed by atoms with Crippen LogP contribution in [0.25, 0.3) is 33.9 Å². The number of hydrogen-bond donors (Lipinski definition) is 0. The van der Waals surface area contributed by atoms with Crippen molar-refractivity contribution in [3.8, 4) is 33.9 Å². The highest BCUT2D eigenvalue weighted by atomic mass is 79.9. The average molecular weight is 489 g/mol. The van der Waals surface area contributed by atoms with E-state index in [1.165, 1.54) is 0 Å². The van der Waals surface area contributed by atoms with Gasteiger partial charge in [0.25, 0.3) is 0 Å². The van der Waals surface area contributed by atoms with Gasteiger partial charge in [0, 0.05) is 21.2 Å². The van der Waals surface area contributed by atoms with Gasteiger partial charge < -0.3 is 9.30 Å². The van der Waals surface area contributed by atoms with Crippen LogP contribution in [0, 0.1) is 0 Å². The molecule has 162 valence electrons. The van der Waals surface area contributed by atoms with Crippen LogP contribution in [0.1, 0.15) is 20.8 Å². The monoisotopic (exact) mass is 488 g/mol. The minimum Gasteiger partial charge on any atom is -0.459 e. The molecule has 0 aliphatic heterocycles. The van der Waals surface area contributed by atoms with E-state index in [4.69, 9.17) is 9.72 Å². The third-order valence-corrected chi connectivity index (χ3v) is 5.58. The first-order valence-electron chi connectivity index (χ1n) is 10.5. The Bertz CT molecular complexity index is 1230. The maximum atomic E-state index is 12.9. The molecule has 4 rings (SSSR count). The van der Waals surface area contributed by atoms with Crippen LogP contribution < -0.4 is 0 Å². The summed E-state index contributed by atoms with van der Waals surface area (Å²) in [4.78, 5) is 18.0. The molecule has 0 amide bonds. The molecule has 0 saturated carbocycles. The Kier molecular flexibility index (Phi) is 6.28. The van der Waals surface area contributed by atoms with Crippen LogP contribution in [0.4, 0.5) is 0 Å². The molecule has 1 heterocycles. The Morgan fingerprint density at radius 2 is 1.44 bits per heavy atom. The molecule has 0 aliphatic rings. The summed E-state index contributed by atoms with van der Waals surface area (Å²) in [5.41, 5.74) is 4.03. The number of hydrogen-bond acceptors (Lipinski definition) is 3. The molecule has 1 aromatic heterocycles. The van der Waals surface area contributed by atoms with Crippen molar-refractivity contribution in [2.75, 3.05) is 0 Å². The molecular formula is C27H25BrN2O2. The van der Waals surface area contributed by atoms with Crippen LogP contribution in [0.5, 0.6) is 0 Å². The molecule has 0 spiro atoms. The number of nitrogens with zero attached hydrogens (tertiary/aromatic N) is 2. The fourth-order valence-corrected chi connectivity index (χ4v) is 4.11. The number of imidazole rings is 1. The summed E-state index contributed by atoms with van der Waals surface area (Å²) >= 11 is 3.66. The largest absolute Gasteiger partial charge is 0.459 e. The predicted octanol–water partition coefficient (Wildman–Crippen LogP) is 6.99. The summed E-state index contributed by atoms with van der Waals surface area (Å²) in [7, 11) is 0. The van der Waals surface area contributed by atoms with E-state index in [0.29, 0.717) is 5.82 Å². The van der Waals surface area contributed by atoms with Crippen molar-refractivity contribution in [1.82, 2.24) is 9.55 Å². The molecule has 4 nitrogen and oxygen atoms in total. The van der Waals surface area contributed by atoms with E-state index in [1.807, 2.05) is 110 Å². The van der Waals surface area contributed by atoms with Crippen molar-refractivity contribution in [1.29, 1.82) is 0 Å². The van der Waals surface area contributed by atoms with E-state index >= 15 is 0 Å². The zero-order valence-corrected chi connectivity index (χ0v) is 20.0. The van der Waals surface area contributed by atoms with Crippen LogP contribution in [-0.2, 0) is 16.1 Å². The van der Waals surface area contributed by atoms with E-state index in [2.05, 4.69) is 15.9 Å². The number of benzene rings is 3. The summed E-state index contributed by atoms with van der Waals surface area (Å²) in [5.74, 6) is 0.404. The molecule has 4 aromatic rings. The van der Waals surface area contributed by atoms with Gasteiger partial charge in [-0.3, -0.25) is 4.79 Å². The van der Waals surface area contributed by atoms with E-state index < -0.39 is 5.60 Å². The van der Waals surface area contributed by atoms with Gasteiger partial charge in [-0.05, 0) is 26.8 Å². The van der Waals surface area contributed by atoms with Crippen molar-refractivity contribution in [2.45, 2.75) is 32.9 Å². The number of halogens is 1. The summed E-state index contributed by atoms with van der Waals surface area (Å²) in [6.07, 6.45) is 0. The van der Waals surface area contributed by atoms with E-state index in [1.54, 1.807) is 0 Å². The minimum absolute atomic E-state index is 0.0536.